The number of hydroxylamine groups is 1. The number of nitrogens with one attached hydrogen (secondary N) is 1. The van der Waals surface area contributed by atoms with Gasteiger partial charge in [0.05, 0.1) is 24.8 Å². The zero-order valence-corrected chi connectivity index (χ0v) is 14.4. The molecular formula is C15H21N5O2S. The zero-order chi connectivity index (χ0) is 16.4. The van der Waals surface area contributed by atoms with Crippen molar-refractivity contribution in [2.75, 3.05) is 19.2 Å². The first-order valence-electron chi connectivity index (χ1n) is 7.70. The molecule has 23 heavy (non-hydrogen) atoms. The number of rotatable bonds is 6. The van der Waals surface area contributed by atoms with E-state index < -0.39 is 0 Å². The van der Waals surface area contributed by atoms with Crippen molar-refractivity contribution >= 4 is 17.6 Å². The molecule has 3 rings (SSSR count). The Bertz CT molecular complexity index is 755. The van der Waals surface area contributed by atoms with Gasteiger partial charge in [-0.25, -0.2) is 15.0 Å². The molecular weight excluding hydrogens is 314 g/mol. The molecule has 124 valence electrons. The van der Waals surface area contributed by atoms with Crippen molar-refractivity contribution in [1.82, 2.24) is 19.5 Å². The second-order valence-electron chi connectivity index (χ2n) is 5.42. The number of aromatic nitrogens is 4. The SMILES string of the molecule is CCn1cnc(N(C)OC)c1CSc1nc2c(c(=O)[nH]1)CCC2. The largest absolute Gasteiger partial charge is 0.332 e. The summed E-state index contributed by atoms with van der Waals surface area (Å²) in [5.74, 6) is 1.45. The molecule has 0 bridgehead atoms. The number of fused-ring (bicyclic) bond motifs is 1. The van der Waals surface area contributed by atoms with Crippen LogP contribution in [0.4, 0.5) is 5.82 Å². The van der Waals surface area contributed by atoms with E-state index in [4.69, 9.17) is 4.84 Å². The fourth-order valence-corrected chi connectivity index (χ4v) is 3.70. The number of aryl methyl sites for hydroxylation is 2. The Kier molecular flexibility index (Phi) is 4.72. The summed E-state index contributed by atoms with van der Waals surface area (Å²) in [6, 6.07) is 0. The molecule has 8 heteroatoms. The molecule has 2 aromatic rings. The van der Waals surface area contributed by atoms with E-state index in [9.17, 15) is 4.79 Å². The first-order chi connectivity index (χ1) is 11.1. The van der Waals surface area contributed by atoms with Crippen molar-refractivity contribution in [2.24, 2.45) is 0 Å². The fraction of sp³-hybridized carbons (Fsp3) is 0.533. The smallest absolute Gasteiger partial charge is 0.254 e. The van der Waals surface area contributed by atoms with Crippen LogP contribution in [0, 0.1) is 0 Å². The van der Waals surface area contributed by atoms with E-state index in [-0.39, 0.29) is 5.56 Å². The van der Waals surface area contributed by atoms with Crippen LogP contribution in [0.5, 0.6) is 0 Å². The van der Waals surface area contributed by atoms with Crippen molar-refractivity contribution in [1.29, 1.82) is 0 Å². The van der Waals surface area contributed by atoms with Crippen LogP contribution in [0.2, 0.25) is 0 Å². The average molecular weight is 335 g/mol. The molecule has 0 saturated carbocycles. The van der Waals surface area contributed by atoms with Gasteiger partial charge < -0.3 is 9.55 Å². The molecule has 2 heterocycles. The van der Waals surface area contributed by atoms with E-state index in [0.29, 0.717) is 10.9 Å². The van der Waals surface area contributed by atoms with Crippen molar-refractivity contribution in [2.45, 2.75) is 43.6 Å². The molecule has 0 radical (unpaired) electrons. The topological polar surface area (TPSA) is 76.0 Å². The molecule has 0 unspecified atom stereocenters. The number of aromatic amines is 1. The minimum atomic E-state index is 0.00762. The van der Waals surface area contributed by atoms with E-state index in [1.807, 2.05) is 7.05 Å². The van der Waals surface area contributed by atoms with E-state index >= 15 is 0 Å². The maximum Gasteiger partial charge on any atom is 0.254 e. The quantitative estimate of drug-likeness (QED) is 0.492. The highest BCUT2D eigenvalue weighted by molar-refractivity contribution is 7.98. The van der Waals surface area contributed by atoms with Gasteiger partial charge in [-0.1, -0.05) is 11.8 Å². The highest BCUT2D eigenvalue weighted by Crippen LogP contribution is 2.27. The summed E-state index contributed by atoms with van der Waals surface area (Å²) < 4.78 is 2.07. The van der Waals surface area contributed by atoms with Gasteiger partial charge in [0.1, 0.15) is 0 Å². The number of nitrogens with zero attached hydrogens (tertiary/aromatic N) is 4. The molecule has 0 saturated heterocycles. The van der Waals surface area contributed by atoms with Gasteiger partial charge in [-0.15, -0.1) is 0 Å². The van der Waals surface area contributed by atoms with Crippen LogP contribution in [0.15, 0.2) is 16.3 Å². The third kappa shape index (κ3) is 3.13. The Labute approximate surface area is 139 Å². The minimum Gasteiger partial charge on any atom is -0.332 e. The van der Waals surface area contributed by atoms with Gasteiger partial charge >= 0.3 is 0 Å². The molecule has 2 aromatic heterocycles. The predicted octanol–water partition coefficient (Wildman–Crippen LogP) is 1.76. The summed E-state index contributed by atoms with van der Waals surface area (Å²) in [6.45, 7) is 2.90. The highest BCUT2D eigenvalue weighted by Gasteiger charge is 2.19. The van der Waals surface area contributed by atoms with E-state index in [1.54, 1.807) is 18.5 Å². The number of hydrogen-bond acceptors (Lipinski definition) is 6. The lowest BCUT2D eigenvalue weighted by atomic mass is 10.3. The van der Waals surface area contributed by atoms with Crippen molar-refractivity contribution < 1.29 is 4.84 Å². The summed E-state index contributed by atoms with van der Waals surface area (Å²) in [5, 5.41) is 2.31. The Morgan fingerprint density at radius 1 is 1.48 bits per heavy atom. The van der Waals surface area contributed by atoms with Gasteiger partial charge in [0.25, 0.3) is 5.56 Å². The Morgan fingerprint density at radius 3 is 3.04 bits per heavy atom. The predicted molar refractivity (Wildman–Crippen MR) is 89.8 cm³/mol. The standard InChI is InChI=1S/C15H21N5O2S/c1-4-20-9-16-13(19(2)22-3)12(20)8-23-15-17-11-7-5-6-10(11)14(21)18-15/h9H,4-8H2,1-3H3,(H,17,18,21). The maximum absolute atomic E-state index is 12.1. The Balaban J connectivity index is 1.82. The minimum absolute atomic E-state index is 0.00762. The van der Waals surface area contributed by atoms with E-state index in [1.165, 1.54) is 11.8 Å². The number of imidazole rings is 1. The van der Waals surface area contributed by atoms with Crippen LogP contribution in [-0.2, 0) is 30.0 Å². The summed E-state index contributed by atoms with van der Waals surface area (Å²) in [4.78, 5) is 29.2. The zero-order valence-electron chi connectivity index (χ0n) is 13.6. The van der Waals surface area contributed by atoms with Crippen LogP contribution in [0.1, 0.15) is 30.3 Å². The van der Waals surface area contributed by atoms with Gasteiger partial charge in [0.2, 0.25) is 0 Å². The van der Waals surface area contributed by atoms with Gasteiger partial charge in [0, 0.05) is 24.9 Å². The second kappa shape index (κ2) is 6.76. The molecule has 7 nitrogen and oxygen atoms in total. The first kappa shape index (κ1) is 16.1. The molecule has 0 aromatic carbocycles. The van der Waals surface area contributed by atoms with Crippen LogP contribution in [-0.4, -0.2) is 33.7 Å². The summed E-state index contributed by atoms with van der Waals surface area (Å²) in [7, 11) is 3.44. The lowest BCUT2D eigenvalue weighted by Gasteiger charge is -2.16. The van der Waals surface area contributed by atoms with Crippen LogP contribution in [0.3, 0.4) is 0 Å². The first-order valence-corrected chi connectivity index (χ1v) is 8.69. The molecule has 1 N–H and O–H groups in total. The van der Waals surface area contributed by atoms with Crippen molar-refractivity contribution in [3.05, 3.63) is 33.6 Å². The second-order valence-corrected chi connectivity index (χ2v) is 6.38. The van der Waals surface area contributed by atoms with Crippen LogP contribution >= 0.6 is 11.8 Å². The van der Waals surface area contributed by atoms with Gasteiger partial charge in [-0.2, -0.15) is 0 Å². The summed E-state index contributed by atoms with van der Waals surface area (Å²) in [5.41, 5.74) is 2.86. The normalized spacial score (nSPS) is 13.3. The maximum atomic E-state index is 12.1. The molecule has 0 spiro atoms. The summed E-state index contributed by atoms with van der Waals surface area (Å²) in [6.07, 6.45) is 4.57. The Morgan fingerprint density at radius 2 is 2.30 bits per heavy atom. The number of H-pyrrole nitrogens is 1. The van der Waals surface area contributed by atoms with E-state index in [0.717, 1.165) is 48.6 Å². The third-order valence-electron chi connectivity index (χ3n) is 4.10. The molecule has 1 aliphatic rings. The fourth-order valence-electron chi connectivity index (χ4n) is 2.79. The lowest BCUT2D eigenvalue weighted by Crippen LogP contribution is -2.17. The van der Waals surface area contributed by atoms with Crippen LogP contribution in [0.25, 0.3) is 0 Å². The Hall–Kier alpha value is -1.80. The van der Waals surface area contributed by atoms with Crippen LogP contribution < -0.4 is 10.6 Å². The van der Waals surface area contributed by atoms with Crippen molar-refractivity contribution in [3.63, 3.8) is 0 Å². The number of hydrogen-bond donors (Lipinski definition) is 1. The molecule has 0 amide bonds. The summed E-state index contributed by atoms with van der Waals surface area (Å²) >= 11 is 1.52. The van der Waals surface area contributed by atoms with Gasteiger partial charge in [-0.3, -0.25) is 9.63 Å². The lowest BCUT2D eigenvalue weighted by molar-refractivity contribution is 0.182. The van der Waals surface area contributed by atoms with Gasteiger partial charge in [-0.05, 0) is 26.2 Å². The van der Waals surface area contributed by atoms with E-state index in [2.05, 4.69) is 26.4 Å². The number of anilines is 1. The average Bonchev–Trinajstić information content (AvgIpc) is 3.18. The molecule has 0 fully saturated rings. The highest BCUT2D eigenvalue weighted by atomic mass is 32.2. The number of thioether (sulfide) groups is 1. The van der Waals surface area contributed by atoms with Gasteiger partial charge in [0.15, 0.2) is 11.0 Å². The molecule has 1 aliphatic carbocycles. The molecule has 0 aliphatic heterocycles. The molecule has 0 atom stereocenters. The monoisotopic (exact) mass is 335 g/mol. The third-order valence-corrected chi connectivity index (χ3v) is 4.99. The van der Waals surface area contributed by atoms with Crippen molar-refractivity contribution in [3.8, 4) is 0 Å².